The molecule has 0 heterocycles. The number of ether oxygens (including phenoxy) is 1. The van der Waals surface area contributed by atoms with Crippen LogP contribution in [0.5, 0.6) is 0 Å². The Morgan fingerprint density at radius 1 is 0.955 bits per heavy atom. The SMILES string of the molecule is COC(=O)c1cccc(CCNCCc2ccccc2)c1.Cl. The van der Waals surface area contributed by atoms with Crippen molar-refractivity contribution in [2.75, 3.05) is 20.2 Å². The highest BCUT2D eigenvalue weighted by molar-refractivity contribution is 5.89. The third-order valence-electron chi connectivity index (χ3n) is 3.37. The largest absolute Gasteiger partial charge is 0.465 e. The van der Waals surface area contributed by atoms with Crippen LogP contribution in [0, 0.1) is 0 Å². The van der Waals surface area contributed by atoms with E-state index >= 15 is 0 Å². The molecule has 1 N–H and O–H groups in total. The van der Waals surface area contributed by atoms with Gasteiger partial charge in [0.05, 0.1) is 12.7 Å². The molecule has 0 aliphatic rings. The van der Waals surface area contributed by atoms with Gasteiger partial charge in [-0.3, -0.25) is 0 Å². The average molecular weight is 320 g/mol. The normalized spacial score (nSPS) is 9.86. The highest BCUT2D eigenvalue weighted by atomic mass is 35.5. The van der Waals surface area contributed by atoms with E-state index in [0.29, 0.717) is 5.56 Å². The Balaban J connectivity index is 0.00000242. The standard InChI is InChI=1S/C18H21NO2.ClH/c1-21-18(20)17-9-5-8-16(14-17)11-13-19-12-10-15-6-3-2-4-7-15;/h2-9,14,19H,10-13H2,1H3;1H. The van der Waals surface area contributed by atoms with Crippen molar-refractivity contribution in [1.82, 2.24) is 5.32 Å². The maximum absolute atomic E-state index is 11.5. The van der Waals surface area contributed by atoms with Gasteiger partial charge in [0.1, 0.15) is 0 Å². The van der Waals surface area contributed by atoms with Gasteiger partial charge in [0.15, 0.2) is 0 Å². The number of hydrogen-bond acceptors (Lipinski definition) is 3. The van der Waals surface area contributed by atoms with Crippen molar-refractivity contribution in [3.63, 3.8) is 0 Å². The van der Waals surface area contributed by atoms with E-state index in [4.69, 9.17) is 4.74 Å². The van der Waals surface area contributed by atoms with Gasteiger partial charge in [-0.25, -0.2) is 4.79 Å². The Labute approximate surface area is 138 Å². The minimum absolute atomic E-state index is 0. The van der Waals surface area contributed by atoms with E-state index in [1.54, 1.807) is 6.07 Å². The molecule has 0 spiro atoms. The summed E-state index contributed by atoms with van der Waals surface area (Å²) in [6, 6.07) is 18.0. The molecular formula is C18H22ClNO2. The molecule has 0 saturated carbocycles. The number of esters is 1. The molecule has 118 valence electrons. The van der Waals surface area contributed by atoms with Crippen molar-refractivity contribution >= 4 is 18.4 Å². The second-order valence-corrected chi connectivity index (χ2v) is 4.93. The molecule has 2 aromatic rings. The van der Waals surface area contributed by atoms with Crippen LogP contribution in [0.1, 0.15) is 21.5 Å². The summed E-state index contributed by atoms with van der Waals surface area (Å²) < 4.78 is 4.73. The summed E-state index contributed by atoms with van der Waals surface area (Å²) in [7, 11) is 1.40. The first-order valence-electron chi connectivity index (χ1n) is 7.21. The predicted molar refractivity (Wildman–Crippen MR) is 91.7 cm³/mol. The van der Waals surface area contributed by atoms with Gasteiger partial charge in [0.25, 0.3) is 0 Å². The summed E-state index contributed by atoms with van der Waals surface area (Å²) in [4.78, 5) is 11.5. The predicted octanol–water partition coefficient (Wildman–Crippen LogP) is 3.27. The highest BCUT2D eigenvalue weighted by Crippen LogP contribution is 2.07. The van der Waals surface area contributed by atoms with Crippen molar-refractivity contribution in [2.24, 2.45) is 0 Å². The molecule has 3 nitrogen and oxygen atoms in total. The first kappa shape index (κ1) is 18.2. The number of carbonyl (C=O) groups excluding carboxylic acids is 1. The Bertz CT molecular complexity index is 572. The molecule has 0 fully saturated rings. The lowest BCUT2D eigenvalue weighted by Gasteiger charge is -2.06. The van der Waals surface area contributed by atoms with Gasteiger partial charge < -0.3 is 10.1 Å². The minimum atomic E-state index is -0.283. The van der Waals surface area contributed by atoms with E-state index in [1.807, 2.05) is 24.3 Å². The van der Waals surface area contributed by atoms with Crippen molar-refractivity contribution in [3.05, 3.63) is 71.3 Å². The van der Waals surface area contributed by atoms with E-state index in [2.05, 4.69) is 29.6 Å². The van der Waals surface area contributed by atoms with Crippen molar-refractivity contribution < 1.29 is 9.53 Å². The number of halogens is 1. The maximum Gasteiger partial charge on any atom is 0.337 e. The first-order chi connectivity index (χ1) is 10.3. The van der Waals surface area contributed by atoms with E-state index in [1.165, 1.54) is 12.7 Å². The molecule has 0 bridgehead atoms. The molecular weight excluding hydrogens is 298 g/mol. The lowest BCUT2D eigenvalue weighted by atomic mass is 10.1. The molecule has 0 aliphatic heterocycles. The molecule has 0 aromatic heterocycles. The molecule has 0 radical (unpaired) electrons. The molecule has 0 saturated heterocycles. The summed E-state index contributed by atoms with van der Waals surface area (Å²) >= 11 is 0. The fourth-order valence-electron chi connectivity index (χ4n) is 2.21. The van der Waals surface area contributed by atoms with Gasteiger partial charge in [0, 0.05) is 0 Å². The van der Waals surface area contributed by atoms with Gasteiger partial charge in [0.2, 0.25) is 0 Å². The Kier molecular flexibility index (Phi) is 8.26. The van der Waals surface area contributed by atoms with E-state index in [0.717, 1.165) is 31.5 Å². The van der Waals surface area contributed by atoms with Crippen LogP contribution in [0.15, 0.2) is 54.6 Å². The molecule has 22 heavy (non-hydrogen) atoms. The van der Waals surface area contributed by atoms with Crippen LogP contribution in [-0.4, -0.2) is 26.2 Å². The maximum atomic E-state index is 11.5. The second-order valence-electron chi connectivity index (χ2n) is 4.93. The van der Waals surface area contributed by atoms with Crippen LogP contribution in [0.25, 0.3) is 0 Å². The Hall–Kier alpha value is -1.84. The number of methoxy groups -OCH3 is 1. The van der Waals surface area contributed by atoms with Crippen LogP contribution < -0.4 is 5.32 Å². The van der Waals surface area contributed by atoms with Crippen LogP contribution in [0.4, 0.5) is 0 Å². The summed E-state index contributed by atoms with van der Waals surface area (Å²) in [5.41, 5.74) is 3.10. The van der Waals surface area contributed by atoms with E-state index in [-0.39, 0.29) is 18.4 Å². The smallest absolute Gasteiger partial charge is 0.337 e. The van der Waals surface area contributed by atoms with Gasteiger partial charge in [-0.1, -0.05) is 42.5 Å². The van der Waals surface area contributed by atoms with Crippen molar-refractivity contribution in [1.29, 1.82) is 0 Å². The second kappa shape index (κ2) is 9.98. The topological polar surface area (TPSA) is 38.3 Å². The highest BCUT2D eigenvalue weighted by Gasteiger charge is 2.05. The van der Waals surface area contributed by atoms with Gasteiger partial charge in [-0.05, 0) is 49.2 Å². The summed E-state index contributed by atoms with van der Waals surface area (Å²) in [5, 5.41) is 3.43. The number of rotatable bonds is 7. The molecule has 2 rings (SSSR count). The van der Waals surface area contributed by atoms with Gasteiger partial charge >= 0.3 is 5.97 Å². The van der Waals surface area contributed by atoms with Crippen LogP contribution >= 0.6 is 12.4 Å². The Morgan fingerprint density at radius 3 is 2.27 bits per heavy atom. The summed E-state index contributed by atoms with van der Waals surface area (Å²) in [6.07, 6.45) is 1.93. The molecule has 0 unspecified atom stereocenters. The average Bonchev–Trinajstić information content (AvgIpc) is 2.55. The monoisotopic (exact) mass is 319 g/mol. The fourth-order valence-corrected chi connectivity index (χ4v) is 2.21. The lowest BCUT2D eigenvalue weighted by molar-refractivity contribution is 0.0600. The third-order valence-corrected chi connectivity index (χ3v) is 3.37. The molecule has 4 heteroatoms. The summed E-state index contributed by atoms with van der Waals surface area (Å²) in [5.74, 6) is -0.283. The fraction of sp³-hybridized carbons (Fsp3) is 0.278. The van der Waals surface area contributed by atoms with Crippen LogP contribution in [0.3, 0.4) is 0 Å². The summed E-state index contributed by atoms with van der Waals surface area (Å²) in [6.45, 7) is 1.86. The Morgan fingerprint density at radius 2 is 1.59 bits per heavy atom. The van der Waals surface area contributed by atoms with Crippen molar-refractivity contribution in [2.45, 2.75) is 12.8 Å². The molecule has 2 aromatic carbocycles. The molecule has 0 atom stereocenters. The van der Waals surface area contributed by atoms with E-state index < -0.39 is 0 Å². The number of nitrogens with one attached hydrogen (secondary N) is 1. The van der Waals surface area contributed by atoms with Gasteiger partial charge in [-0.2, -0.15) is 0 Å². The number of carbonyl (C=O) groups is 1. The van der Waals surface area contributed by atoms with Crippen LogP contribution in [-0.2, 0) is 17.6 Å². The number of benzene rings is 2. The molecule has 0 aliphatic carbocycles. The zero-order chi connectivity index (χ0) is 14.9. The zero-order valence-corrected chi connectivity index (χ0v) is 13.6. The zero-order valence-electron chi connectivity index (χ0n) is 12.7. The number of hydrogen-bond donors (Lipinski definition) is 1. The van der Waals surface area contributed by atoms with E-state index in [9.17, 15) is 4.79 Å². The first-order valence-corrected chi connectivity index (χ1v) is 7.21. The van der Waals surface area contributed by atoms with Crippen LogP contribution in [0.2, 0.25) is 0 Å². The quantitative estimate of drug-likeness (QED) is 0.629. The van der Waals surface area contributed by atoms with Crippen molar-refractivity contribution in [3.8, 4) is 0 Å². The van der Waals surface area contributed by atoms with Gasteiger partial charge in [-0.15, -0.1) is 12.4 Å². The minimum Gasteiger partial charge on any atom is -0.465 e. The molecule has 0 amide bonds. The third kappa shape index (κ3) is 5.88. The lowest BCUT2D eigenvalue weighted by Crippen LogP contribution is -2.20.